The number of β-amino-alcohol motifs (C(OH)–C–C–N with tert-alkyl or cyclic N) is 1. The maximum atomic E-state index is 8.90. The molecule has 0 bridgehead atoms. The topological polar surface area (TPSA) is 35.5 Å². The lowest BCUT2D eigenvalue weighted by atomic mass is 10.1. The van der Waals surface area contributed by atoms with E-state index in [1.807, 2.05) is 12.4 Å². The maximum Gasteiger partial charge on any atom is 0.0982 e. The summed E-state index contributed by atoms with van der Waals surface area (Å²) < 4.78 is 0. The Morgan fingerprint density at radius 1 is 1.38 bits per heavy atom. The molecule has 1 unspecified atom stereocenters. The third-order valence-corrected chi connectivity index (χ3v) is 2.81. The van der Waals surface area contributed by atoms with Crippen LogP contribution in [0.2, 0.25) is 0 Å². The fraction of sp³-hybridized carbons (Fsp3) is 0.692. The number of nitrogens with zero attached hydrogens (tertiary/aromatic N) is 1. The lowest BCUT2D eigenvalue weighted by Gasteiger charge is -2.24. The Morgan fingerprint density at radius 3 is 3.00 bits per heavy atom. The molecule has 0 radical (unpaired) electrons. The van der Waals surface area contributed by atoms with E-state index in [2.05, 4.69) is 29.3 Å². The van der Waals surface area contributed by atoms with Crippen LogP contribution in [0.5, 0.6) is 0 Å². The van der Waals surface area contributed by atoms with Crippen LogP contribution < -0.4 is 5.32 Å². The Morgan fingerprint density at radius 2 is 2.25 bits per heavy atom. The van der Waals surface area contributed by atoms with Crippen molar-refractivity contribution in [3.63, 3.8) is 0 Å². The van der Waals surface area contributed by atoms with Crippen molar-refractivity contribution >= 4 is 0 Å². The van der Waals surface area contributed by atoms with Gasteiger partial charge in [-0.15, -0.1) is 0 Å². The summed E-state index contributed by atoms with van der Waals surface area (Å²) >= 11 is 0. The van der Waals surface area contributed by atoms with Crippen LogP contribution in [0, 0.1) is 0 Å². The maximum absolute atomic E-state index is 8.90. The molecule has 0 fully saturated rings. The van der Waals surface area contributed by atoms with E-state index in [0.29, 0.717) is 6.17 Å². The fourth-order valence-electron chi connectivity index (χ4n) is 1.93. The Balaban J connectivity index is 2.06. The van der Waals surface area contributed by atoms with E-state index in [-0.39, 0.29) is 6.61 Å². The number of hydrogen-bond donors (Lipinski definition) is 2. The Hall–Kier alpha value is -0.960. The molecular weight excluding hydrogens is 200 g/mol. The molecule has 1 atom stereocenters. The molecule has 3 heteroatoms. The van der Waals surface area contributed by atoms with Crippen molar-refractivity contribution in [2.24, 2.45) is 0 Å². The standard InChI is InChI=1S/C13H24N2O/c1-2-3-4-5-6-7-8-13-14-9-10-15(13)11-12-16/h3-4,9-10,13-14,16H,2,5-8,11-12H2,1H3/b4-3+. The molecule has 92 valence electrons. The molecule has 0 saturated carbocycles. The van der Waals surface area contributed by atoms with Crippen LogP contribution >= 0.6 is 0 Å². The molecule has 1 aliphatic rings. The average molecular weight is 224 g/mol. The van der Waals surface area contributed by atoms with Gasteiger partial charge in [0.2, 0.25) is 0 Å². The van der Waals surface area contributed by atoms with Crippen LogP contribution in [0.1, 0.15) is 39.0 Å². The van der Waals surface area contributed by atoms with E-state index < -0.39 is 0 Å². The van der Waals surface area contributed by atoms with Gasteiger partial charge < -0.3 is 15.3 Å². The molecule has 0 aromatic carbocycles. The number of aliphatic hydroxyl groups is 1. The second-order valence-corrected chi connectivity index (χ2v) is 4.12. The van der Waals surface area contributed by atoms with Gasteiger partial charge in [-0.3, -0.25) is 0 Å². The number of unbranched alkanes of at least 4 members (excludes halogenated alkanes) is 2. The van der Waals surface area contributed by atoms with Crippen molar-refractivity contribution in [3.05, 3.63) is 24.6 Å². The molecule has 0 aromatic rings. The van der Waals surface area contributed by atoms with Crippen LogP contribution in [-0.2, 0) is 0 Å². The van der Waals surface area contributed by atoms with Crippen molar-refractivity contribution in [2.45, 2.75) is 45.2 Å². The summed E-state index contributed by atoms with van der Waals surface area (Å²) in [7, 11) is 0. The molecular formula is C13H24N2O. The lowest BCUT2D eigenvalue weighted by Crippen LogP contribution is -2.36. The van der Waals surface area contributed by atoms with Crippen LogP contribution in [-0.4, -0.2) is 29.3 Å². The van der Waals surface area contributed by atoms with E-state index in [9.17, 15) is 0 Å². The van der Waals surface area contributed by atoms with Crippen molar-refractivity contribution in [2.75, 3.05) is 13.2 Å². The first-order valence-corrected chi connectivity index (χ1v) is 6.32. The summed E-state index contributed by atoms with van der Waals surface area (Å²) in [5.74, 6) is 0. The van der Waals surface area contributed by atoms with Crippen LogP contribution in [0.3, 0.4) is 0 Å². The molecule has 3 nitrogen and oxygen atoms in total. The minimum absolute atomic E-state index is 0.224. The number of nitrogens with one attached hydrogen (secondary N) is 1. The molecule has 0 amide bonds. The second kappa shape index (κ2) is 8.22. The van der Waals surface area contributed by atoms with Crippen molar-refractivity contribution in [1.29, 1.82) is 0 Å². The van der Waals surface area contributed by atoms with Crippen molar-refractivity contribution in [3.8, 4) is 0 Å². The summed E-state index contributed by atoms with van der Waals surface area (Å²) in [6.45, 7) is 3.11. The zero-order chi connectivity index (χ0) is 11.6. The summed E-state index contributed by atoms with van der Waals surface area (Å²) in [4.78, 5) is 2.17. The predicted octanol–water partition coefficient (Wildman–Crippen LogP) is 2.21. The van der Waals surface area contributed by atoms with E-state index in [0.717, 1.165) is 19.4 Å². The first-order valence-electron chi connectivity index (χ1n) is 6.32. The molecule has 2 N–H and O–H groups in total. The van der Waals surface area contributed by atoms with Gasteiger partial charge in [0.25, 0.3) is 0 Å². The number of aliphatic hydroxyl groups excluding tert-OH is 1. The Labute approximate surface area is 98.8 Å². The largest absolute Gasteiger partial charge is 0.395 e. The van der Waals surface area contributed by atoms with E-state index in [1.165, 1.54) is 19.3 Å². The van der Waals surface area contributed by atoms with E-state index in [4.69, 9.17) is 5.11 Å². The number of hydrogen-bond acceptors (Lipinski definition) is 3. The molecule has 0 spiro atoms. The minimum atomic E-state index is 0.224. The van der Waals surface area contributed by atoms with Gasteiger partial charge in [-0.2, -0.15) is 0 Å². The van der Waals surface area contributed by atoms with Crippen LogP contribution in [0.15, 0.2) is 24.6 Å². The molecule has 1 aliphatic heterocycles. The van der Waals surface area contributed by atoms with E-state index >= 15 is 0 Å². The van der Waals surface area contributed by atoms with Gasteiger partial charge in [0, 0.05) is 18.9 Å². The summed E-state index contributed by atoms with van der Waals surface area (Å²) in [5.41, 5.74) is 0. The quantitative estimate of drug-likeness (QED) is 0.490. The van der Waals surface area contributed by atoms with Crippen LogP contribution in [0.25, 0.3) is 0 Å². The predicted molar refractivity (Wildman–Crippen MR) is 67.8 cm³/mol. The first-order chi connectivity index (χ1) is 7.88. The smallest absolute Gasteiger partial charge is 0.0982 e. The van der Waals surface area contributed by atoms with Crippen LogP contribution in [0.4, 0.5) is 0 Å². The van der Waals surface area contributed by atoms with Gasteiger partial charge >= 0.3 is 0 Å². The van der Waals surface area contributed by atoms with Gasteiger partial charge in [-0.1, -0.05) is 19.1 Å². The normalized spacial score (nSPS) is 19.6. The molecule has 16 heavy (non-hydrogen) atoms. The Kier molecular flexibility index (Phi) is 6.74. The highest BCUT2D eigenvalue weighted by atomic mass is 16.3. The highest BCUT2D eigenvalue weighted by molar-refractivity contribution is 4.93. The molecule has 0 aromatic heterocycles. The zero-order valence-corrected chi connectivity index (χ0v) is 10.2. The second-order valence-electron chi connectivity index (χ2n) is 4.12. The summed E-state index contributed by atoms with van der Waals surface area (Å²) in [6.07, 6.45) is 14.8. The monoisotopic (exact) mass is 224 g/mol. The van der Waals surface area contributed by atoms with Crippen molar-refractivity contribution < 1.29 is 5.11 Å². The number of allylic oxidation sites excluding steroid dienone is 2. The Bertz CT molecular complexity index is 226. The highest BCUT2D eigenvalue weighted by Gasteiger charge is 2.16. The first kappa shape index (κ1) is 13.1. The third kappa shape index (κ3) is 4.71. The SMILES string of the molecule is CC/C=C/CCCCC1NC=CN1CCO. The van der Waals surface area contributed by atoms with Gasteiger partial charge in [-0.05, 0) is 32.1 Å². The summed E-state index contributed by atoms with van der Waals surface area (Å²) in [5, 5.41) is 12.2. The molecule has 0 aliphatic carbocycles. The molecule has 0 saturated heterocycles. The number of rotatable bonds is 8. The van der Waals surface area contributed by atoms with Gasteiger partial charge in [0.15, 0.2) is 0 Å². The van der Waals surface area contributed by atoms with Gasteiger partial charge in [0.1, 0.15) is 0 Å². The summed E-state index contributed by atoms with van der Waals surface area (Å²) in [6, 6.07) is 0. The zero-order valence-electron chi connectivity index (χ0n) is 10.2. The third-order valence-electron chi connectivity index (χ3n) is 2.81. The highest BCUT2D eigenvalue weighted by Crippen LogP contribution is 2.12. The van der Waals surface area contributed by atoms with Crippen molar-refractivity contribution in [1.82, 2.24) is 10.2 Å². The van der Waals surface area contributed by atoms with Gasteiger partial charge in [0.05, 0.1) is 12.8 Å². The lowest BCUT2D eigenvalue weighted by molar-refractivity contribution is 0.194. The molecule has 1 heterocycles. The van der Waals surface area contributed by atoms with Gasteiger partial charge in [-0.25, -0.2) is 0 Å². The fourth-order valence-corrected chi connectivity index (χ4v) is 1.93. The van der Waals surface area contributed by atoms with E-state index in [1.54, 1.807) is 0 Å². The molecule has 1 rings (SSSR count). The average Bonchev–Trinajstić information content (AvgIpc) is 2.72. The minimum Gasteiger partial charge on any atom is -0.395 e.